The van der Waals surface area contributed by atoms with Crippen LogP contribution in [-0.2, 0) is 13.0 Å². The van der Waals surface area contributed by atoms with Gasteiger partial charge >= 0.3 is 0 Å². The van der Waals surface area contributed by atoms with Gasteiger partial charge in [0.2, 0.25) is 0 Å². The minimum Gasteiger partial charge on any atom is -0.492 e. The van der Waals surface area contributed by atoms with E-state index in [1.165, 1.54) is 11.3 Å². The van der Waals surface area contributed by atoms with Gasteiger partial charge in [0, 0.05) is 10.2 Å². The number of benzene rings is 1. The van der Waals surface area contributed by atoms with Crippen LogP contribution in [0.1, 0.15) is 23.9 Å². The van der Waals surface area contributed by atoms with Crippen LogP contribution in [0.3, 0.4) is 0 Å². The van der Waals surface area contributed by atoms with Crippen molar-refractivity contribution in [2.75, 3.05) is 6.61 Å². The first-order valence-electron chi connectivity index (χ1n) is 6.53. The monoisotopic (exact) mass is 322 g/mol. The maximum atomic E-state index is 5.72. The summed E-state index contributed by atoms with van der Waals surface area (Å²) in [5, 5.41) is 4.56. The predicted molar refractivity (Wildman–Crippen MR) is 80.7 cm³/mol. The van der Waals surface area contributed by atoms with Gasteiger partial charge in [-0.25, -0.2) is 0 Å². The molecule has 0 saturated carbocycles. The molecule has 0 aliphatic carbocycles. The fraction of sp³-hybridized carbons (Fsp3) is 0.400. The highest BCUT2D eigenvalue weighted by Gasteiger charge is 2.09. The van der Waals surface area contributed by atoms with Crippen molar-refractivity contribution in [3.63, 3.8) is 0 Å². The number of hydrogen-bond acceptors (Lipinski definition) is 2. The van der Waals surface area contributed by atoms with Crippen molar-refractivity contribution in [3.05, 3.63) is 45.7 Å². The molecule has 0 aliphatic heterocycles. The molecule has 19 heavy (non-hydrogen) atoms. The lowest BCUT2D eigenvalue weighted by Crippen LogP contribution is -2.11. The van der Waals surface area contributed by atoms with Gasteiger partial charge in [-0.2, -0.15) is 5.10 Å². The molecule has 0 radical (unpaired) electrons. The molecule has 0 saturated heterocycles. The van der Waals surface area contributed by atoms with Gasteiger partial charge in [0.1, 0.15) is 12.4 Å². The largest absolute Gasteiger partial charge is 0.492 e. The van der Waals surface area contributed by atoms with E-state index in [-0.39, 0.29) is 0 Å². The van der Waals surface area contributed by atoms with Crippen molar-refractivity contribution in [2.24, 2.45) is 0 Å². The second kappa shape index (κ2) is 6.24. The Morgan fingerprint density at radius 2 is 1.89 bits per heavy atom. The molecule has 3 nitrogen and oxygen atoms in total. The van der Waals surface area contributed by atoms with Crippen LogP contribution >= 0.6 is 15.9 Å². The Hall–Kier alpha value is -1.29. The van der Waals surface area contributed by atoms with Crippen LogP contribution in [0.2, 0.25) is 0 Å². The Morgan fingerprint density at radius 1 is 1.21 bits per heavy atom. The quantitative estimate of drug-likeness (QED) is 0.834. The summed E-state index contributed by atoms with van der Waals surface area (Å²) in [6.45, 7) is 7.77. The third-order valence-corrected chi connectivity index (χ3v) is 3.80. The van der Waals surface area contributed by atoms with E-state index in [0.29, 0.717) is 6.61 Å². The molecule has 1 aromatic heterocycles. The van der Waals surface area contributed by atoms with Gasteiger partial charge in [-0.3, -0.25) is 4.68 Å². The van der Waals surface area contributed by atoms with Crippen molar-refractivity contribution in [3.8, 4) is 5.75 Å². The molecule has 0 atom stereocenters. The number of ether oxygens (including phenoxy) is 1. The summed E-state index contributed by atoms with van der Waals surface area (Å²) < 4.78 is 8.82. The first kappa shape index (κ1) is 14.1. The topological polar surface area (TPSA) is 27.1 Å². The Labute approximate surface area is 122 Å². The zero-order chi connectivity index (χ0) is 13.8. The van der Waals surface area contributed by atoms with Gasteiger partial charge < -0.3 is 4.74 Å². The van der Waals surface area contributed by atoms with E-state index in [2.05, 4.69) is 41.8 Å². The minimum atomic E-state index is 0.632. The number of nitrogens with zero attached hydrogens (tertiary/aromatic N) is 2. The van der Waals surface area contributed by atoms with Gasteiger partial charge in [0.05, 0.1) is 12.2 Å². The molecule has 1 heterocycles. The standard InChI is InChI=1S/C15H19BrN2O/c1-4-15-11(2)17-18(12(15)3)9-10-19-14-7-5-13(16)6-8-14/h5-8H,4,9-10H2,1-3H3. The average Bonchev–Trinajstić information content (AvgIpc) is 2.66. The SMILES string of the molecule is CCc1c(C)nn(CCOc2ccc(Br)cc2)c1C. The number of rotatable bonds is 5. The van der Waals surface area contributed by atoms with Crippen molar-refractivity contribution in [2.45, 2.75) is 33.7 Å². The normalized spacial score (nSPS) is 10.7. The molecule has 4 heteroatoms. The molecule has 0 fully saturated rings. The smallest absolute Gasteiger partial charge is 0.119 e. The third kappa shape index (κ3) is 3.38. The van der Waals surface area contributed by atoms with Crippen LogP contribution in [0.4, 0.5) is 0 Å². The molecule has 102 valence electrons. The molecule has 2 rings (SSSR count). The van der Waals surface area contributed by atoms with Crippen molar-refractivity contribution >= 4 is 15.9 Å². The van der Waals surface area contributed by atoms with Gasteiger partial charge in [0.15, 0.2) is 0 Å². The van der Waals surface area contributed by atoms with E-state index in [4.69, 9.17) is 4.74 Å². The lowest BCUT2D eigenvalue weighted by molar-refractivity contribution is 0.289. The summed E-state index contributed by atoms with van der Waals surface area (Å²) >= 11 is 3.41. The fourth-order valence-corrected chi connectivity index (χ4v) is 2.51. The van der Waals surface area contributed by atoms with E-state index < -0.39 is 0 Å². The van der Waals surface area contributed by atoms with Crippen LogP contribution in [0.5, 0.6) is 5.75 Å². The van der Waals surface area contributed by atoms with Gasteiger partial charge in [-0.1, -0.05) is 22.9 Å². The number of halogens is 1. The minimum absolute atomic E-state index is 0.632. The highest BCUT2D eigenvalue weighted by atomic mass is 79.9. The van der Waals surface area contributed by atoms with E-state index in [1.807, 2.05) is 28.9 Å². The van der Waals surface area contributed by atoms with Gasteiger partial charge in [-0.05, 0) is 50.1 Å². The summed E-state index contributed by atoms with van der Waals surface area (Å²) in [6.07, 6.45) is 1.03. The van der Waals surface area contributed by atoms with Crippen LogP contribution in [0.25, 0.3) is 0 Å². The highest BCUT2D eigenvalue weighted by Crippen LogP contribution is 2.17. The molecule has 0 aliphatic rings. The summed E-state index contributed by atoms with van der Waals surface area (Å²) in [5.74, 6) is 0.889. The van der Waals surface area contributed by atoms with Gasteiger partial charge in [-0.15, -0.1) is 0 Å². The van der Waals surface area contributed by atoms with Crippen LogP contribution in [0.15, 0.2) is 28.7 Å². The first-order valence-corrected chi connectivity index (χ1v) is 7.32. The molecule has 1 aromatic carbocycles. The van der Waals surface area contributed by atoms with Crippen molar-refractivity contribution in [1.82, 2.24) is 9.78 Å². The maximum absolute atomic E-state index is 5.72. The van der Waals surface area contributed by atoms with Gasteiger partial charge in [0.25, 0.3) is 0 Å². The fourth-order valence-electron chi connectivity index (χ4n) is 2.24. The van der Waals surface area contributed by atoms with Crippen LogP contribution in [0, 0.1) is 13.8 Å². The molecule has 0 unspecified atom stereocenters. The number of hydrogen-bond donors (Lipinski definition) is 0. The molecule has 0 spiro atoms. The summed E-state index contributed by atoms with van der Waals surface area (Å²) in [6, 6.07) is 7.88. The number of aromatic nitrogens is 2. The van der Waals surface area contributed by atoms with Crippen molar-refractivity contribution in [1.29, 1.82) is 0 Å². The number of aryl methyl sites for hydroxylation is 1. The summed E-state index contributed by atoms with van der Waals surface area (Å²) in [5.41, 5.74) is 3.73. The summed E-state index contributed by atoms with van der Waals surface area (Å²) in [4.78, 5) is 0. The molecule has 2 aromatic rings. The second-order valence-electron chi connectivity index (χ2n) is 4.53. The van der Waals surface area contributed by atoms with Crippen LogP contribution in [-0.4, -0.2) is 16.4 Å². The maximum Gasteiger partial charge on any atom is 0.119 e. The first-order chi connectivity index (χ1) is 9.11. The van der Waals surface area contributed by atoms with E-state index >= 15 is 0 Å². The third-order valence-electron chi connectivity index (χ3n) is 3.27. The van der Waals surface area contributed by atoms with E-state index in [9.17, 15) is 0 Å². The Bertz CT molecular complexity index is 546. The second-order valence-corrected chi connectivity index (χ2v) is 5.44. The zero-order valence-corrected chi connectivity index (χ0v) is 13.2. The molecule has 0 amide bonds. The summed E-state index contributed by atoms with van der Waals surface area (Å²) in [7, 11) is 0. The molecule has 0 bridgehead atoms. The lowest BCUT2D eigenvalue weighted by atomic mass is 10.1. The Kier molecular flexibility index (Phi) is 4.64. The van der Waals surface area contributed by atoms with Crippen LogP contribution < -0.4 is 4.74 Å². The Balaban J connectivity index is 1.94. The zero-order valence-electron chi connectivity index (χ0n) is 11.6. The Morgan fingerprint density at radius 3 is 2.47 bits per heavy atom. The molecular formula is C15H19BrN2O. The highest BCUT2D eigenvalue weighted by molar-refractivity contribution is 9.10. The average molecular weight is 323 g/mol. The lowest BCUT2D eigenvalue weighted by Gasteiger charge is -2.08. The van der Waals surface area contributed by atoms with E-state index in [1.54, 1.807) is 0 Å². The van der Waals surface area contributed by atoms with Crippen molar-refractivity contribution < 1.29 is 4.74 Å². The predicted octanol–water partition coefficient (Wildman–Crippen LogP) is 3.90. The molecule has 0 N–H and O–H groups in total. The molecular weight excluding hydrogens is 304 g/mol. The van der Waals surface area contributed by atoms with E-state index in [0.717, 1.165) is 28.9 Å².